The largest absolute Gasteiger partial charge is 0.493 e. The highest BCUT2D eigenvalue weighted by atomic mass is 16.5. The second-order valence-corrected chi connectivity index (χ2v) is 5.58. The van der Waals surface area contributed by atoms with Gasteiger partial charge in [0.25, 0.3) is 5.56 Å². The molecule has 6 heteroatoms. The molecule has 130 valence electrons. The quantitative estimate of drug-likeness (QED) is 0.758. The predicted octanol–water partition coefficient (Wildman–Crippen LogP) is 3.02. The summed E-state index contributed by atoms with van der Waals surface area (Å²) in [5, 5.41) is 13.4. The highest BCUT2D eigenvalue weighted by Gasteiger charge is 2.09. The van der Waals surface area contributed by atoms with E-state index >= 15 is 0 Å². The van der Waals surface area contributed by atoms with E-state index in [1.54, 1.807) is 45.4 Å². The van der Waals surface area contributed by atoms with E-state index in [2.05, 4.69) is 5.10 Å². The molecule has 1 aromatic heterocycles. The lowest BCUT2D eigenvalue weighted by molar-refractivity contribution is 0.294. The molecule has 1 aromatic carbocycles. The zero-order chi connectivity index (χ0) is 18.4. The molecule has 6 nitrogen and oxygen atoms in total. The summed E-state index contributed by atoms with van der Waals surface area (Å²) in [5.41, 5.74) is 1.75. The van der Waals surface area contributed by atoms with E-state index in [4.69, 9.17) is 14.7 Å². The fourth-order valence-electron chi connectivity index (χ4n) is 2.38. The molecule has 0 atom stereocenters. The highest BCUT2D eigenvalue weighted by molar-refractivity contribution is 5.80. The zero-order valence-electron chi connectivity index (χ0n) is 14.9. The number of nitriles is 1. The first-order chi connectivity index (χ1) is 12.0. The third-order valence-corrected chi connectivity index (χ3v) is 3.64. The van der Waals surface area contributed by atoms with E-state index in [1.165, 1.54) is 4.68 Å². The molecule has 0 aliphatic rings. The van der Waals surface area contributed by atoms with Crippen LogP contribution in [0.2, 0.25) is 0 Å². The number of ether oxygens (including phenoxy) is 2. The Morgan fingerprint density at radius 1 is 1.28 bits per heavy atom. The van der Waals surface area contributed by atoms with Gasteiger partial charge < -0.3 is 9.47 Å². The van der Waals surface area contributed by atoms with Crippen LogP contribution < -0.4 is 15.0 Å². The lowest BCUT2D eigenvalue weighted by Crippen LogP contribution is -2.22. The van der Waals surface area contributed by atoms with Gasteiger partial charge in [-0.1, -0.05) is 6.92 Å². The van der Waals surface area contributed by atoms with Crippen molar-refractivity contribution in [3.63, 3.8) is 0 Å². The van der Waals surface area contributed by atoms with Gasteiger partial charge in [-0.05, 0) is 55.7 Å². The Bertz CT molecular complexity index is 892. The molecular formula is C19H21N3O3. The lowest BCUT2D eigenvalue weighted by Gasteiger charge is -2.10. The molecule has 2 aromatic rings. The molecule has 0 aliphatic heterocycles. The Labute approximate surface area is 146 Å². The van der Waals surface area contributed by atoms with E-state index in [9.17, 15) is 4.79 Å². The van der Waals surface area contributed by atoms with Crippen LogP contribution in [0, 0.1) is 25.2 Å². The number of hydrogen-bond acceptors (Lipinski definition) is 5. The lowest BCUT2D eigenvalue weighted by atomic mass is 10.1. The molecule has 0 amide bonds. The van der Waals surface area contributed by atoms with Gasteiger partial charge in [-0.2, -0.15) is 10.4 Å². The Morgan fingerprint density at radius 3 is 2.68 bits per heavy atom. The molecule has 1 heterocycles. The van der Waals surface area contributed by atoms with Gasteiger partial charge in [-0.3, -0.25) is 4.79 Å². The maximum Gasteiger partial charge on any atom is 0.289 e. The minimum Gasteiger partial charge on any atom is -0.493 e. The number of rotatable bonds is 6. The van der Waals surface area contributed by atoms with Crippen molar-refractivity contribution in [2.24, 2.45) is 5.10 Å². The number of nitrogens with zero attached hydrogens (tertiary/aromatic N) is 3. The molecule has 2 rings (SSSR count). The van der Waals surface area contributed by atoms with E-state index in [0.717, 1.165) is 12.0 Å². The predicted molar refractivity (Wildman–Crippen MR) is 96.7 cm³/mol. The zero-order valence-corrected chi connectivity index (χ0v) is 14.9. The summed E-state index contributed by atoms with van der Waals surface area (Å²) < 4.78 is 12.2. The number of methoxy groups -OCH3 is 1. The van der Waals surface area contributed by atoms with Crippen LogP contribution in [-0.2, 0) is 0 Å². The van der Waals surface area contributed by atoms with E-state index < -0.39 is 5.56 Å². The van der Waals surface area contributed by atoms with Crippen LogP contribution in [0.25, 0.3) is 0 Å². The first kappa shape index (κ1) is 18.3. The number of benzene rings is 1. The summed E-state index contributed by atoms with van der Waals surface area (Å²) >= 11 is 0. The maximum absolute atomic E-state index is 12.4. The van der Waals surface area contributed by atoms with Gasteiger partial charge in [0.15, 0.2) is 11.5 Å². The molecule has 0 aliphatic carbocycles. The summed E-state index contributed by atoms with van der Waals surface area (Å²) in [5.74, 6) is 1.26. The molecule has 25 heavy (non-hydrogen) atoms. The minimum absolute atomic E-state index is 0.101. The molecule has 0 saturated heterocycles. The Morgan fingerprint density at radius 2 is 2.04 bits per heavy atom. The van der Waals surface area contributed by atoms with Crippen LogP contribution in [0.4, 0.5) is 0 Å². The van der Waals surface area contributed by atoms with Crippen molar-refractivity contribution in [3.8, 4) is 17.6 Å². The van der Waals surface area contributed by atoms with Crippen LogP contribution in [-0.4, -0.2) is 24.6 Å². The Kier molecular flexibility index (Phi) is 5.96. The number of aryl methyl sites for hydroxylation is 2. The Balaban J connectivity index is 2.40. The summed E-state index contributed by atoms with van der Waals surface area (Å²) in [6, 6.07) is 9.11. The minimum atomic E-state index is -0.424. The van der Waals surface area contributed by atoms with Crippen molar-refractivity contribution >= 4 is 6.21 Å². The van der Waals surface area contributed by atoms with Crippen molar-refractivity contribution in [1.29, 1.82) is 5.26 Å². The Hall–Kier alpha value is -3.07. The summed E-state index contributed by atoms with van der Waals surface area (Å²) in [4.78, 5) is 12.4. The van der Waals surface area contributed by atoms with Gasteiger partial charge in [-0.15, -0.1) is 0 Å². The SMILES string of the molecule is CCCOc1cc(/C=N\n2c(C)cc(C)c(C#N)c2=O)ccc1OC. The van der Waals surface area contributed by atoms with E-state index in [1.807, 2.05) is 19.1 Å². The van der Waals surface area contributed by atoms with Crippen molar-refractivity contribution in [2.45, 2.75) is 27.2 Å². The fourth-order valence-corrected chi connectivity index (χ4v) is 2.38. The third-order valence-electron chi connectivity index (χ3n) is 3.64. The van der Waals surface area contributed by atoms with Crippen LogP contribution in [0.3, 0.4) is 0 Å². The molecule has 0 saturated carbocycles. The molecule has 0 bridgehead atoms. The number of pyridine rings is 1. The normalized spacial score (nSPS) is 10.7. The fraction of sp³-hybridized carbons (Fsp3) is 0.316. The van der Waals surface area contributed by atoms with Gasteiger partial charge in [-0.25, -0.2) is 4.68 Å². The maximum atomic E-state index is 12.4. The van der Waals surface area contributed by atoms with Gasteiger partial charge in [0.2, 0.25) is 0 Å². The second-order valence-electron chi connectivity index (χ2n) is 5.58. The summed E-state index contributed by atoms with van der Waals surface area (Å²) in [6.45, 7) is 6.12. The van der Waals surface area contributed by atoms with Crippen molar-refractivity contribution in [1.82, 2.24) is 4.68 Å². The molecule has 0 unspecified atom stereocenters. The molecule has 0 fully saturated rings. The standard InChI is InChI=1S/C19H21N3O3/c1-5-8-25-18-10-15(6-7-17(18)24-4)12-21-22-14(3)9-13(2)16(11-20)19(22)23/h6-7,9-10,12H,5,8H2,1-4H3/b21-12-. The van der Waals surface area contributed by atoms with Crippen LogP contribution in [0.5, 0.6) is 11.5 Å². The van der Waals surface area contributed by atoms with E-state index in [0.29, 0.717) is 29.4 Å². The van der Waals surface area contributed by atoms with Gasteiger partial charge in [0.05, 0.1) is 19.9 Å². The molecular weight excluding hydrogens is 318 g/mol. The van der Waals surface area contributed by atoms with Gasteiger partial charge >= 0.3 is 0 Å². The van der Waals surface area contributed by atoms with Crippen LogP contribution in [0.1, 0.15) is 35.7 Å². The van der Waals surface area contributed by atoms with Crippen LogP contribution in [0.15, 0.2) is 34.2 Å². The summed E-state index contributed by atoms with van der Waals surface area (Å²) in [7, 11) is 1.58. The molecule has 0 spiro atoms. The van der Waals surface area contributed by atoms with E-state index in [-0.39, 0.29) is 5.56 Å². The smallest absolute Gasteiger partial charge is 0.289 e. The molecule has 0 N–H and O–H groups in total. The number of hydrogen-bond donors (Lipinski definition) is 0. The highest BCUT2D eigenvalue weighted by Crippen LogP contribution is 2.27. The molecule has 0 radical (unpaired) electrons. The van der Waals surface area contributed by atoms with Crippen LogP contribution >= 0.6 is 0 Å². The average molecular weight is 339 g/mol. The average Bonchev–Trinajstić information content (AvgIpc) is 2.59. The second kappa shape index (κ2) is 8.15. The first-order valence-corrected chi connectivity index (χ1v) is 8.00. The summed E-state index contributed by atoms with van der Waals surface area (Å²) in [6.07, 6.45) is 2.44. The van der Waals surface area contributed by atoms with Crippen molar-refractivity contribution < 1.29 is 9.47 Å². The third kappa shape index (κ3) is 4.07. The van der Waals surface area contributed by atoms with Gasteiger partial charge in [0, 0.05) is 5.69 Å². The van der Waals surface area contributed by atoms with Crippen molar-refractivity contribution in [3.05, 3.63) is 57.0 Å². The van der Waals surface area contributed by atoms with Crippen molar-refractivity contribution in [2.75, 3.05) is 13.7 Å². The topological polar surface area (TPSA) is 76.6 Å². The first-order valence-electron chi connectivity index (χ1n) is 8.00. The number of aromatic nitrogens is 1. The monoisotopic (exact) mass is 339 g/mol. The van der Waals surface area contributed by atoms with Gasteiger partial charge in [0.1, 0.15) is 11.6 Å².